The highest BCUT2D eigenvalue weighted by atomic mass is 35.5. The van der Waals surface area contributed by atoms with Gasteiger partial charge in [0.1, 0.15) is 22.5 Å². The second kappa shape index (κ2) is 3.41. The summed E-state index contributed by atoms with van der Waals surface area (Å²) in [6.07, 6.45) is 2.10. The van der Waals surface area contributed by atoms with E-state index >= 15 is 0 Å². The third kappa shape index (κ3) is 1.30. The van der Waals surface area contributed by atoms with Crippen LogP contribution >= 0.6 is 11.6 Å². The summed E-state index contributed by atoms with van der Waals surface area (Å²) in [5, 5.41) is 13.4. The summed E-state index contributed by atoms with van der Waals surface area (Å²) in [7, 11) is 0. The molecule has 0 unspecified atom stereocenters. The van der Waals surface area contributed by atoms with Crippen molar-refractivity contribution >= 4 is 23.1 Å². The average molecular weight is 222 g/mol. The normalized spacial score (nSPS) is 10.5. The third-order valence-corrected chi connectivity index (χ3v) is 2.53. The molecule has 0 spiro atoms. The summed E-state index contributed by atoms with van der Waals surface area (Å²) < 4.78 is 1.40. The predicted molar refractivity (Wildman–Crippen MR) is 56.5 cm³/mol. The zero-order valence-electron chi connectivity index (χ0n) is 8.03. The summed E-state index contributed by atoms with van der Waals surface area (Å²) in [4.78, 5) is 4.05. The van der Waals surface area contributed by atoms with Gasteiger partial charge in [-0.1, -0.05) is 18.5 Å². The minimum absolute atomic E-state index is 0.268. The zero-order chi connectivity index (χ0) is 11.0. The first kappa shape index (κ1) is 9.74. The van der Waals surface area contributed by atoms with Gasteiger partial charge < -0.3 is 5.73 Å². The number of hydrogen-bond donors (Lipinski definition) is 1. The molecule has 5 nitrogen and oxygen atoms in total. The second-order valence-corrected chi connectivity index (χ2v) is 3.40. The van der Waals surface area contributed by atoms with Crippen molar-refractivity contribution in [2.45, 2.75) is 13.3 Å². The average Bonchev–Trinajstić information content (AvgIpc) is 2.57. The molecule has 2 heterocycles. The van der Waals surface area contributed by atoms with Crippen LogP contribution in [0, 0.1) is 11.3 Å². The maximum absolute atomic E-state index is 8.77. The topological polar surface area (TPSA) is 80.0 Å². The second-order valence-electron chi connectivity index (χ2n) is 3.02. The highest BCUT2D eigenvalue weighted by Gasteiger charge is 2.13. The minimum Gasteiger partial charge on any atom is -0.382 e. The molecular formula is C9H8ClN5. The Morgan fingerprint density at radius 2 is 2.40 bits per heavy atom. The van der Waals surface area contributed by atoms with Crippen molar-refractivity contribution in [3.05, 3.63) is 22.5 Å². The molecule has 0 aliphatic carbocycles. The number of nitrogens with two attached hydrogens (primary N) is 1. The van der Waals surface area contributed by atoms with Crippen molar-refractivity contribution in [1.29, 1.82) is 5.26 Å². The Hall–Kier alpha value is -1.80. The first-order valence-electron chi connectivity index (χ1n) is 4.40. The summed E-state index contributed by atoms with van der Waals surface area (Å²) >= 11 is 6.04. The Morgan fingerprint density at radius 1 is 1.67 bits per heavy atom. The molecule has 15 heavy (non-hydrogen) atoms. The fourth-order valence-electron chi connectivity index (χ4n) is 1.33. The molecule has 0 radical (unpaired) electrons. The molecule has 0 aliphatic heterocycles. The number of nitriles is 1. The molecule has 0 amide bonds. The van der Waals surface area contributed by atoms with Gasteiger partial charge in [-0.25, -0.2) is 4.98 Å². The van der Waals surface area contributed by atoms with Crippen LogP contribution in [0.1, 0.15) is 18.2 Å². The molecule has 2 aromatic heterocycles. The van der Waals surface area contributed by atoms with Crippen LogP contribution in [0.15, 0.2) is 6.20 Å². The molecule has 76 valence electrons. The lowest BCUT2D eigenvalue weighted by Crippen LogP contribution is -2.03. The molecule has 2 rings (SSSR count). The maximum atomic E-state index is 8.77. The van der Waals surface area contributed by atoms with Gasteiger partial charge in [0.25, 0.3) is 0 Å². The van der Waals surface area contributed by atoms with E-state index in [-0.39, 0.29) is 5.82 Å². The van der Waals surface area contributed by atoms with E-state index in [1.807, 2.05) is 13.0 Å². The number of aromatic nitrogens is 3. The van der Waals surface area contributed by atoms with Crippen LogP contribution in [0.2, 0.25) is 5.02 Å². The van der Waals surface area contributed by atoms with Crippen molar-refractivity contribution in [3.63, 3.8) is 0 Å². The molecule has 2 aromatic rings. The number of nitrogens with zero attached hydrogens (tertiary/aromatic N) is 4. The zero-order valence-corrected chi connectivity index (χ0v) is 8.78. The van der Waals surface area contributed by atoms with Crippen LogP contribution in [0.4, 0.5) is 5.82 Å². The van der Waals surface area contributed by atoms with Crippen molar-refractivity contribution in [1.82, 2.24) is 14.6 Å². The fraction of sp³-hybridized carbons (Fsp3) is 0.222. The molecule has 0 aromatic carbocycles. The summed E-state index contributed by atoms with van der Waals surface area (Å²) in [5.74, 6) is 0.268. The number of hydrogen-bond acceptors (Lipinski definition) is 4. The molecule has 0 fully saturated rings. The lowest BCUT2D eigenvalue weighted by Gasteiger charge is -1.98. The summed E-state index contributed by atoms with van der Waals surface area (Å²) in [5.41, 5.74) is 7.26. The van der Waals surface area contributed by atoms with E-state index in [9.17, 15) is 0 Å². The number of rotatable bonds is 1. The highest BCUT2D eigenvalue weighted by Crippen LogP contribution is 2.23. The lowest BCUT2D eigenvalue weighted by atomic mass is 10.3. The van der Waals surface area contributed by atoms with Crippen molar-refractivity contribution in [2.75, 3.05) is 5.73 Å². The van der Waals surface area contributed by atoms with E-state index in [0.717, 1.165) is 5.69 Å². The molecule has 6 heteroatoms. The Morgan fingerprint density at radius 3 is 3.00 bits per heavy atom. The van der Waals surface area contributed by atoms with Gasteiger partial charge in [0, 0.05) is 0 Å². The predicted octanol–water partition coefficient (Wildman–Crippen LogP) is 1.40. The molecule has 0 saturated carbocycles. The van der Waals surface area contributed by atoms with E-state index < -0.39 is 0 Å². The molecular weight excluding hydrogens is 214 g/mol. The minimum atomic E-state index is 0.268. The van der Waals surface area contributed by atoms with Crippen LogP contribution in [-0.2, 0) is 6.42 Å². The smallest absolute Gasteiger partial charge is 0.176 e. The molecule has 0 atom stereocenters. The Kier molecular flexibility index (Phi) is 2.21. The van der Waals surface area contributed by atoms with Crippen molar-refractivity contribution in [2.24, 2.45) is 0 Å². The molecule has 0 bridgehead atoms. The monoisotopic (exact) mass is 221 g/mol. The van der Waals surface area contributed by atoms with Crippen LogP contribution in [0.5, 0.6) is 0 Å². The van der Waals surface area contributed by atoms with Crippen LogP contribution in [0.3, 0.4) is 0 Å². The first-order valence-corrected chi connectivity index (χ1v) is 4.78. The summed E-state index contributed by atoms with van der Waals surface area (Å²) in [6, 6.07) is 1.94. The van der Waals surface area contributed by atoms with Crippen LogP contribution in [-0.4, -0.2) is 14.6 Å². The molecule has 2 N–H and O–H groups in total. The van der Waals surface area contributed by atoms with E-state index in [2.05, 4.69) is 10.1 Å². The lowest BCUT2D eigenvalue weighted by molar-refractivity contribution is 0.894. The highest BCUT2D eigenvalue weighted by molar-refractivity contribution is 6.34. The van der Waals surface area contributed by atoms with Gasteiger partial charge in [0.15, 0.2) is 5.65 Å². The van der Waals surface area contributed by atoms with E-state index in [1.54, 1.807) is 0 Å². The number of anilines is 1. The Labute approximate surface area is 91.1 Å². The maximum Gasteiger partial charge on any atom is 0.176 e. The van der Waals surface area contributed by atoms with Crippen LogP contribution < -0.4 is 5.73 Å². The summed E-state index contributed by atoms with van der Waals surface area (Å²) in [6.45, 7) is 1.94. The third-order valence-electron chi connectivity index (χ3n) is 2.15. The fourth-order valence-corrected chi connectivity index (χ4v) is 1.63. The van der Waals surface area contributed by atoms with Crippen molar-refractivity contribution < 1.29 is 0 Å². The van der Waals surface area contributed by atoms with E-state index in [0.29, 0.717) is 22.7 Å². The standard InChI is InChI=1S/C9H8ClN5/c1-2-6-7(10)9-13-4-5(3-11)8(12)15(9)14-6/h4H,2,12H2,1H3. The van der Waals surface area contributed by atoms with Gasteiger partial charge in [-0.2, -0.15) is 14.9 Å². The molecule has 0 aliphatic rings. The number of halogens is 1. The Balaban J connectivity index is 2.85. The molecule has 0 saturated heterocycles. The number of aryl methyl sites for hydroxylation is 1. The van der Waals surface area contributed by atoms with Crippen LogP contribution in [0.25, 0.3) is 5.65 Å². The SMILES string of the molecule is CCc1nn2c(N)c(C#N)cnc2c1Cl. The quantitative estimate of drug-likeness (QED) is 0.789. The van der Waals surface area contributed by atoms with Gasteiger partial charge in [0.2, 0.25) is 0 Å². The van der Waals surface area contributed by atoms with Crippen molar-refractivity contribution in [3.8, 4) is 6.07 Å². The van der Waals surface area contributed by atoms with Gasteiger partial charge in [0.05, 0.1) is 11.9 Å². The van der Waals surface area contributed by atoms with Gasteiger partial charge in [-0.15, -0.1) is 0 Å². The Bertz CT molecular complexity index is 566. The van der Waals surface area contributed by atoms with Gasteiger partial charge in [-0.05, 0) is 6.42 Å². The van der Waals surface area contributed by atoms with Gasteiger partial charge >= 0.3 is 0 Å². The number of fused-ring (bicyclic) bond motifs is 1. The van der Waals surface area contributed by atoms with E-state index in [4.69, 9.17) is 22.6 Å². The first-order chi connectivity index (χ1) is 7.19. The van der Waals surface area contributed by atoms with E-state index in [1.165, 1.54) is 10.7 Å². The van der Waals surface area contributed by atoms with Gasteiger partial charge in [-0.3, -0.25) is 0 Å². The number of nitrogen functional groups attached to an aromatic ring is 1. The largest absolute Gasteiger partial charge is 0.382 e.